The summed E-state index contributed by atoms with van der Waals surface area (Å²) < 4.78 is 41.1. The number of rotatable bonds is 9. The summed E-state index contributed by atoms with van der Waals surface area (Å²) in [6.07, 6.45) is 3.58. The van der Waals surface area contributed by atoms with E-state index in [2.05, 4.69) is 5.32 Å². The number of hydrogen-bond donors (Lipinski definition) is 1. The van der Waals surface area contributed by atoms with E-state index in [-0.39, 0.29) is 16.6 Å². The van der Waals surface area contributed by atoms with Gasteiger partial charge >= 0.3 is 0 Å². The van der Waals surface area contributed by atoms with Gasteiger partial charge in [0.05, 0.1) is 10.6 Å². The molecule has 0 aliphatic carbocycles. The predicted octanol–water partition coefficient (Wildman–Crippen LogP) is 4.05. The lowest BCUT2D eigenvalue weighted by molar-refractivity contribution is -0.120. The lowest BCUT2D eigenvalue weighted by Gasteiger charge is -2.25. The molecule has 0 saturated heterocycles. The van der Waals surface area contributed by atoms with E-state index in [4.69, 9.17) is 0 Å². The third kappa shape index (κ3) is 5.72. The molecule has 2 aromatic carbocycles. The highest BCUT2D eigenvalue weighted by Crippen LogP contribution is 2.26. The summed E-state index contributed by atoms with van der Waals surface area (Å²) in [6, 6.07) is 11.5. The highest BCUT2D eigenvalue weighted by atomic mass is 32.2. The minimum absolute atomic E-state index is 0.0453. The molecule has 0 aliphatic rings. The van der Waals surface area contributed by atoms with Crippen molar-refractivity contribution in [2.45, 2.75) is 42.5 Å². The molecular weight excluding hydrogens is 399 g/mol. The maximum Gasteiger partial charge on any atom is 0.264 e. The van der Waals surface area contributed by atoms with Crippen LogP contribution in [0.15, 0.2) is 58.3 Å². The van der Waals surface area contributed by atoms with Gasteiger partial charge in [0, 0.05) is 10.9 Å². The monoisotopic (exact) mass is 424 g/mol. The summed E-state index contributed by atoms with van der Waals surface area (Å²) in [5, 5.41) is 2.80. The Bertz CT molecular complexity index is 902. The summed E-state index contributed by atoms with van der Waals surface area (Å²) in [5.41, 5.74) is 0.104. The van der Waals surface area contributed by atoms with Crippen LogP contribution in [0.25, 0.3) is 0 Å². The molecule has 0 aromatic heterocycles. The topological polar surface area (TPSA) is 66.5 Å². The van der Waals surface area contributed by atoms with Crippen molar-refractivity contribution in [1.29, 1.82) is 0 Å². The Labute approximate surface area is 170 Å². The molecule has 0 saturated carbocycles. The molecule has 0 radical (unpaired) electrons. The number of hydrogen-bond acceptors (Lipinski definition) is 4. The third-order valence-corrected chi connectivity index (χ3v) is 6.69. The fourth-order valence-corrected chi connectivity index (χ4v) is 4.60. The van der Waals surface area contributed by atoms with E-state index in [1.807, 2.05) is 20.1 Å². The molecule has 1 N–H and O–H groups in total. The Hall–Kier alpha value is -2.06. The number of anilines is 1. The van der Waals surface area contributed by atoms with Crippen molar-refractivity contribution in [3.8, 4) is 0 Å². The van der Waals surface area contributed by atoms with Gasteiger partial charge in [0.2, 0.25) is 5.91 Å². The molecule has 5 nitrogen and oxygen atoms in total. The first-order valence-corrected chi connectivity index (χ1v) is 11.7. The van der Waals surface area contributed by atoms with Crippen molar-refractivity contribution < 1.29 is 17.6 Å². The van der Waals surface area contributed by atoms with Crippen LogP contribution in [0, 0.1) is 5.82 Å². The first-order chi connectivity index (χ1) is 13.3. The van der Waals surface area contributed by atoms with Gasteiger partial charge in [-0.3, -0.25) is 9.10 Å². The Balaban J connectivity index is 2.38. The van der Waals surface area contributed by atoms with Crippen LogP contribution in [-0.4, -0.2) is 33.2 Å². The summed E-state index contributed by atoms with van der Waals surface area (Å²) >= 11 is 1.49. The molecule has 2 rings (SSSR count). The molecule has 8 heteroatoms. The van der Waals surface area contributed by atoms with Crippen molar-refractivity contribution in [2.24, 2.45) is 0 Å². The van der Waals surface area contributed by atoms with Gasteiger partial charge in [0.25, 0.3) is 10.0 Å². The van der Waals surface area contributed by atoms with Gasteiger partial charge in [-0.25, -0.2) is 12.8 Å². The lowest BCUT2D eigenvalue weighted by Crippen LogP contribution is -2.43. The molecule has 2 aromatic rings. The number of carbonyl (C=O) groups excluding carboxylic acids is 1. The van der Waals surface area contributed by atoms with Crippen LogP contribution < -0.4 is 9.62 Å². The minimum Gasteiger partial charge on any atom is -0.352 e. The van der Waals surface area contributed by atoms with Crippen LogP contribution in [0.1, 0.15) is 26.7 Å². The van der Waals surface area contributed by atoms with Gasteiger partial charge in [-0.15, -0.1) is 11.8 Å². The lowest BCUT2D eigenvalue weighted by atomic mass is 10.2. The van der Waals surface area contributed by atoms with E-state index in [9.17, 15) is 17.6 Å². The Morgan fingerprint density at radius 3 is 2.46 bits per heavy atom. The average molecular weight is 425 g/mol. The number of nitrogens with zero attached hydrogens (tertiary/aromatic N) is 1. The van der Waals surface area contributed by atoms with E-state index >= 15 is 0 Å². The maximum absolute atomic E-state index is 13.7. The van der Waals surface area contributed by atoms with Crippen molar-refractivity contribution in [3.05, 3.63) is 54.3 Å². The minimum atomic E-state index is -4.04. The quantitative estimate of drug-likeness (QED) is 0.617. The summed E-state index contributed by atoms with van der Waals surface area (Å²) in [6.45, 7) is 3.44. The smallest absolute Gasteiger partial charge is 0.264 e. The highest BCUT2D eigenvalue weighted by Gasteiger charge is 2.27. The Morgan fingerprint density at radius 1 is 1.21 bits per heavy atom. The van der Waals surface area contributed by atoms with Gasteiger partial charge in [0.15, 0.2) is 0 Å². The highest BCUT2D eigenvalue weighted by molar-refractivity contribution is 7.98. The molecule has 0 heterocycles. The standard InChI is InChI=1S/C20H25FN2O3S2/c1-4-6-15(2)22-20(24)14-23(17-8-5-7-16(21)13-17)28(25,26)19-11-9-18(27-3)10-12-19/h5,7-13,15H,4,6,14H2,1-3H3,(H,22,24). The number of halogens is 1. The number of amides is 1. The Kier molecular flexibility index (Phi) is 7.88. The first-order valence-electron chi connectivity index (χ1n) is 8.99. The molecule has 0 aliphatic heterocycles. The predicted molar refractivity (Wildman–Crippen MR) is 112 cm³/mol. The zero-order chi connectivity index (χ0) is 20.7. The molecule has 0 spiro atoms. The molecule has 0 fully saturated rings. The normalized spacial score (nSPS) is 12.4. The second-order valence-electron chi connectivity index (χ2n) is 6.42. The van der Waals surface area contributed by atoms with Crippen LogP contribution in [-0.2, 0) is 14.8 Å². The molecule has 0 bridgehead atoms. The Morgan fingerprint density at radius 2 is 1.89 bits per heavy atom. The van der Waals surface area contributed by atoms with Crippen LogP contribution in [0.5, 0.6) is 0 Å². The fourth-order valence-electron chi connectivity index (χ4n) is 2.78. The first kappa shape index (κ1) is 22.2. The van der Waals surface area contributed by atoms with E-state index < -0.39 is 28.3 Å². The van der Waals surface area contributed by atoms with E-state index in [1.165, 1.54) is 42.1 Å². The number of thioether (sulfide) groups is 1. The molecule has 1 atom stereocenters. The fraction of sp³-hybridized carbons (Fsp3) is 0.350. The number of carbonyl (C=O) groups is 1. The summed E-state index contributed by atoms with van der Waals surface area (Å²) in [7, 11) is -4.04. The van der Waals surface area contributed by atoms with E-state index in [0.717, 1.165) is 28.1 Å². The van der Waals surface area contributed by atoms with E-state index in [1.54, 1.807) is 12.1 Å². The van der Waals surface area contributed by atoms with Crippen LogP contribution >= 0.6 is 11.8 Å². The molecule has 1 unspecified atom stereocenters. The third-order valence-electron chi connectivity index (χ3n) is 4.16. The van der Waals surface area contributed by atoms with Gasteiger partial charge in [-0.1, -0.05) is 19.4 Å². The molecule has 1 amide bonds. The van der Waals surface area contributed by atoms with Crippen molar-refractivity contribution in [1.82, 2.24) is 5.32 Å². The largest absolute Gasteiger partial charge is 0.352 e. The molecule has 152 valence electrons. The van der Waals surface area contributed by atoms with Gasteiger partial charge in [0.1, 0.15) is 12.4 Å². The van der Waals surface area contributed by atoms with Gasteiger partial charge in [-0.2, -0.15) is 0 Å². The second kappa shape index (κ2) is 9.93. The van der Waals surface area contributed by atoms with Crippen LogP contribution in [0.2, 0.25) is 0 Å². The molecular formula is C20H25FN2O3S2. The number of sulfonamides is 1. The zero-order valence-electron chi connectivity index (χ0n) is 16.2. The summed E-state index contributed by atoms with van der Waals surface area (Å²) in [5.74, 6) is -1.01. The van der Waals surface area contributed by atoms with Crippen LogP contribution in [0.3, 0.4) is 0 Å². The van der Waals surface area contributed by atoms with Crippen molar-refractivity contribution >= 4 is 33.4 Å². The molecule has 28 heavy (non-hydrogen) atoms. The summed E-state index contributed by atoms with van der Waals surface area (Å²) in [4.78, 5) is 13.4. The SMILES string of the molecule is CCCC(C)NC(=O)CN(c1cccc(F)c1)S(=O)(=O)c1ccc(SC)cc1. The average Bonchev–Trinajstić information content (AvgIpc) is 2.66. The van der Waals surface area contributed by atoms with Crippen molar-refractivity contribution in [2.75, 3.05) is 17.1 Å². The van der Waals surface area contributed by atoms with Gasteiger partial charge in [-0.05, 0) is 62.1 Å². The number of benzene rings is 2. The number of nitrogens with one attached hydrogen (secondary N) is 1. The maximum atomic E-state index is 13.7. The van der Waals surface area contributed by atoms with Gasteiger partial charge < -0.3 is 5.32 Å². The van der Waals surface area contributed by atoms with Crippen molar-refractivity contribution in [3.63, 3.8) is 0 Å². The second-order valence-corrected chi connectivity index (χ2v) is 9.17. The van der Waals surface area contributed by atoms with Crippen LogP contribution in [0.4, 0.5) is 10.1 Å². The zero-order valence-corrected chi connectivity index (χ0v) is 17.8. The van der Waals surface area contributed by atoms with E-state index in [0.29, 0.717) is 0 Å².